The second kappa shape index (κ2) is 7.48. The minimum Gasteiger partial charge on any atom is -0.444 e. The molecule has 1 heterocycles. The predicted molar refractivity (Wildman–Crippen MR) is 101 cm³/mol. The van der Waals surface area contributed by atoms with E-state index >= 15 is 0 Å². The lowest BCUT2D eigenvalue weighted by atomic mass is 9.96. The Kier molecular flexibility index (Phi) is 5.33. The molecule has 134 valence electrons. The molecule has 1 fully saturated rings. The third-order valence-corrected chi connectivity index (χ3v) is 4.91. The fourth-order valence-corrected chi connectivity index (χ4v) is 3.08. The third-order valence-electron chi connectivity index (χ3n) is 4.67. The molecule has 0 unspecified atom stereocenters. The summed E-state index contributed by atoms with van der Waals surface area (Å²) < 4.78 is 5.59. The fourth-order valence-electron chi connectivity index (χ4n) is 2.88. The molecule has 25 heavy (non-hydrogen) atoms. The summed E-state index contributed by atoms with van der Waals surface area (Å²) in [7, 11) is 0. The zero-order valence-electron chi connectivity index (χ0n) is 15.0. The van der Waals surface area contributed by atoms with Gasteiger partial charge < -0.3 is 15.1 Å². The van der Waals surface area contributed by atoms with Crippen LogP contribution in [-0.4, -0.2) is 24.0 Å². The fraction of sp³-hybridized carbons (Fsp3) is 0.474. The van der Waals surface area contributed by atoms with Gasteiger partial charge in [-0.2, -0.15) is 0 Å². The van der Waals surface area contributed by atoms with Gasteiger partial charge in [-0.1, -0.05) is 23.7 Å². The summed E-state index contributed by atoms with van der Waals surface area (Å²) >= 11 is 6.15. The number of halogens is 1. The lowest BCUT2D eigenvalue weighted by Gasteiger charge is -2.19. The standard InChI is InChI=1S/C19H25ClN4O/c1-4-21-18(22-11-17-24-13(2)14(3)25-17)23-12-19(8-9-19)15-6-5-7-16(20)10-15/h5-7,10H,4,8-9,11-12H2,1-3H3,(H2,21,22,23). The summed E-state index contributed by atoms with van der Waals surface area (Å²) in [4.78, 5) is 8.97. The van der Waals surface area contributed by atoms with Crippen molar-refractivity contribution in [2.75, 3.05) is 13.1 Å². The third kappa shape index (κ3) is 4.34. The molecule has 5 nitrogen and oxygen atoms in total. The van der Waals surface area contributed by atoms with E-state index in [0.29, 0.717) is 12.4 Å². The average molecular weight is 361 g/mol. The van der Waals surface area contributed by atoms with Gasteiger partial charge in [0.25, 0.3) is 0 Å². The molecule has 2 aromatic rings. The summed E-state index contributed by atoms with van der Waals surface area (Å²) in [5.41, 5.74) is 2.38. The maximum Gasteiger partial charge on any atom is 0.216 e. The Hall–Kier alpha value is -2.01. The first-order valence-electron chi connectivity index (χ1n) is 8.73. The monoisotopic (exact) mass is 360 g/mol. The van der Waals surface area contributed by atoms with Crippen LogP contribution >= 0.6 is 11.6 Å². The Morgan fingerprint density at radius 3 is 2.72 bits per heavy atom. The minimum atomic E-state index is 0.164. The number of aromatic nitrogens is 1. The number of aliphatic imine (C=N–C) groups is 1. The maximum absolute atomic E-state index is 6.15. The average Bonchev–Trinajstić information content (AvgIpc) is 3.31. The van der Waals surface area contributed by atoms with Gasteiger partial charge in [0.15, 0.2) is 5.96 Å². The molecule has 0 aliphatic heterocycles. The maximum atomic E-state index is 6.15. The highest BCUT2D eigenvalue weighted by Gasteiger charge is 2.44. The van der Waals surface area contributed by atoms with Crippen LogP contribution in [0.15, 0.2) is 33.7 Å². The Bertz CT molecular complexity index is 745. The van der Waals surface area contributed by atoms with Gasteiger partial charge in [-0.05, 0) is 51.3 Å². The van der Waals surface area contributed by atoms with E-state index in [1.165, 1.54) is 5.56 Å². The van der Waals surface area contributed by atoms with Gasteiger partial charge in [0, 0.05) is 23.5 Å². The molecule has 0 atom stereocenters. The zero-order chi connectivity index (χ0) is 17.9. The molecule has 2 N–H and O–H groups in total. The number of oxazole rings is 1. The van der Waals surface area contributed by atoms with Crippen molar-refractivity contribution >= 4 is 17.6 Å². The van der Waals surface area contributed by atoms with Gasteiger partial charge in [0.2, 0.25) is 5.89 Å². The van der Waals surface area contributed by atoms with Crippen LogP contribution in [0, 0.1) is 13.8 Å². The number of nitrogens with zero attached hydrogens (tertiary/aromatic N) is 2. The van der Waals surface area contributed by atoms with Gasteiger partial charge >= 0.3 is 0 Å². The summed E-state index contributed by atoms with van der Waals surface area (Å²) in [5, 5.41) is 7.53. The smallest absolute Gasteiger partial charge is 0.216 e. The lowest BCUT2D eigenvalue weighted by Crippen LogP contribution is -2.41. The summed E-state index contributed by atoms with van der Waals surface area (Å²) in [6, 6.07) is 8.16. The van der Waals surface area contributed by atoms with Crippen molar-refractivity contribution in [1.29, 1.82) is 0 Å². The lowest BCUT2D eigenvalue weighted by molar-refractivity contribution is 0.472. The van der Waals surface area contributed by atoms with Gasteiger partial charge in [-0.25, -0.2) is 9.98 Å². The van der Waals surface area contributed by atoms with Crippen molar-refractivity contribution in [2.45, 2.75) is 45.6 Å². The van der Waals surface area contributed by atoms with E-state index < -0.39 is 0 Å². The van der Waals surface area contributed by atoms with Crippen molar-refractivity contribution in [3.8, 4) is 0 Å². The number of hydrogen-bond donors (Lipinski definition) is 2. The highest BCUT2D eigenvalue weighted by atomic mass is 35.5. The van der Waals surface area contributed by atoms with Crippen LogP contribution in [0.4, 0.5) is 0 Å². The summed E-state index contributed by atoms with van der Waals surface area (Å²) in [5.74, 6) is 2.27. The number of aryl methyl sites for hydroxylation is 2. The summed E-state index contributed by atoms with van der Waals surface area (Å²) in [6.07, 6.45) is 2.33. The molecule has 1 aromatic carbocycles. The predicted octanol–water partition coefficient (Wildman–Crippen LogP) is 3.73. The van der Waals surface area contributed by atoms with E-state index in [9.17, 15) is 0 Å². The molecule has 0 amide bonds. The van der Waals surface area contributed by atoms with Crippen LogP contribution in [0.1, 0.15) is 42.7 Å². The molecule has 0 saturated heterocycles. The highest BCUT2D eigenvalue weighted by Crippen LogP contribution is 2.48. The van der Waals surface area contributed by atoms with Gasteiger partial charge in [-0.15, -0.1) is 0 Å². The van der Waals surface area contributed by atoms with E-state index in [-0.39, 0.29) is 5.41 Å². The normalized spacial score (nSPS) is 15.9. The molecule has 1 aliphatic rings. The first-order valence-corrected chi connectivity index (χ1v) is 9.11. The van der Waals surface area contributed by atoms with Crippen molar-refractivity contribution in [3.05, 3.63) is 52.2 Å². The second-order valence-corrected chi connectivity index (χ2v) is 7.03. The largest absolute Gasteiger partial charge is 0.444 e. The molecule has 1 saturated carbocycles. The van der Waals surface area contributed by atoms with Crippen molar-refractivity contribution in [3.63, 3.8) is 0 Å². The molecule has 0 spiro atoms. The van der Waals surface area contributed by atoms with E-state index in [1.54, 1.807) is 0 Å². The van der Waals surface area contributed by atoms with E-state index in [1.807, 2.05) is 26.0 Å². The van der Waals surface area contributed by atoms with Gasteiger partial charge in [0.05, 0.1) is 5.69 Å². The molecular formula is C19H25ClN4O. The molecule has 0 bridgehead atoms. The Balaban J connectivity index is 1.64. The molecule has 6 heteroatoms. The molecule has 1 aromatic heterocycles. The topological polar surface area (TPSA) is 62.5 Å². The minimum absolute atomic E-state index is 0.164. The van der Waals surface area contributed by atoms with E-state index in [2.05, 4.69) is 39.7 Å². The van der Waals surface area contributed by atoms with E-state index in [4.69, 9.17) is 16.0 Å². The van der Waals surface area contributed by atoms with Crippen molar-refractivity contribution < 1.29 is 4.42 Å². The quantitative estimate of drug-likeness (QED) is 0.608. The molecular weight excluding hydrogens is 336 g/mol. The first-order chi connectivity index (χ1) is 12.0. The first kappa shape index (κ1) is 17.8. The van der Waals surface area contributed by atoms with Gasteiger partial charge in [0.1, 0.15) is 12.3 Å². The molecule has 3 rings (SSSR count). The summed E-state index contributed by atoms with van der Waals surface area (Å²) in [6.45, 7) is 7.98. The number of rotatable bonds is 6. The number of benzene rings is 1. The molecule has 0 radical (unpaired) electrons. The Labute approximate surface area is 153 Å². The van der Waals surface area contributed by atoms with Crippen LogP contribution in [0.25, 0.3) is 0 Å². The number of guanidine groups is 1. The van der Waals surface area contributed by atoms with E-state index in [0.717, 1.165) is 48.4 Å². The van der Waals surface area contributed by atoms with Crippen molar-refractivity contribution in [1.82, 2.24) is 15.6 Å². The molecule has 1 aliphatic carbocycles. The second-order valence-electron chi connectivity index (χ2n) is 6.59. The van der Waals surface area contributed by atoms with Crippen molar-refractivity contribution in [2.24, 2.45) is 4.99 Å². The van der Waals surface area contributed by atoms with Crippen LogP contribution in [0.3, 0.4) is 0 Å². The zero-order valence-corrected chi connectivity index (χ0v) is 15.8. The van der Waals surface area contributed by atoms with Crippen LogP contribution in [0.2, 0.25) is 5.02 Å². The Morgan fingerprint density at radius 1 is 1.32 bits per heavy atom. The number of hydrogen-bond acceptors (Lipinski definition) is 3. The van der Waals surface area contributed by atoms with Crippen LogP contribution in [0.5, 0.6) is 0 Å². The SMILES string of the molecule is CCNC(=NCc1nc(C)c(C)o1)NCC1(c2cccc(Cl)c2)CC1. The van der Waals surface area contributed by atoms with Gasteiger partial charge in [-0.3, -0.25) is 0 Å². The Morgan fingerprint density at radius 2 is 2.12 bits per heavy atom. The highest BCUT2D eigenvalue weighted by molar-refractivity contribution is 6.30. The number of nitrogens with one attached hydrogen (secondary N) is 2. The van der Waals surface area contributed by atoms with Crippen LogP contribution < -0.4 is 10.6 Å². The van der Waals surface area contributed by atoms with Crippen LogP contribution in [-0.2, 0) is 12.0 Å².